The quantitative estimate of drug-likeness (QED) is 0.858. The molecule has 3 heteroatoms. The van der Waals surface area contributed by atoms with Gasteiger partial charge in [0.1, 0.15) is 0 Å². The second-order valence-corrected chi connectivity index (χ2v) is 5.23. The predicted octanol–water partition coefficient (Wildman–Crippen LogP) is 3.03. The first-order valence-corrected chi connectivity index (χ1v) is 6.12. The van der Waals surface area contributed by atoms with Gasteiger partial charge in [0, 0.05) is 29.2 Å². The van der Waals surface area contributed by atoms with Crippen molar-refractivity contribution in [2.24, 2.45) is 0 Å². The fourth-order valence-corrected chi connectivity index (χ4v) is 2.57. The van der Waals surface area contributed by atoms with E-state index in [1.165, 1.54) is 11.3 Å². The maximum Gasteiger partial charge on any atom is 0.0598 e. The summed E-state index contributed by atoms with van der Waals surface area (Å²) < 4.78 is 0. The number of hydrogen-bond acceptors (Lipinski definition) is 2. The number of halogens is 1. The Balaban J connectivity index is 2.44. The normalized spacial score (nSPS) is 21.4. The van der Waals surface area contributed by atoms with Crippen LogP contribution < -0.4 is 4.90 Å². The van der Waals surface area contributed by atoms with Crippen LogP contribution in [0.15, 0.2) is 18.2 Å². The van der Waals surface area contributed by atoms with Gasteiger partial charge in [0.15, 0.2) is 0 Å². The zero-order valence-corrected chi connectivity index (χ0v) is 10.7. The number of fused-ring (bicyclic) bond motifs is 1. The highest BCUT2D eigenvalue weighted by Gasteiger charge is 2.32. The van der Waals surface area contributed by atoms with Gasteiger partial charge in [-0.1, -0.05) is 11.6 Å². The minimum atomic E-state index is -0.332. The molecular weight excluding hydrogens is 222 g/mol. The fourth-order valence-electron chi connectivity index (χ4n) is 2.39. The lowest BCUT2D eigenvalue weighted by Crippen LogP contribution is -2.31. The molecule has 2 atom stereocenters. The molecule has 2 nitrogen and oxygen atoms in total. The first-order valence-electron chi connectivity index (χ1n) is 5.75. The lowest BCUT2D eigenvalue weighted by atomic mass is 9.97. The van der Waals surface area contributed by atoms with Crippen molar-refractivity contribution in [3.63, 3.8) is 0 Å². The van der Waals surface area contributed by atoms with Crippen LogP contribution in [0.25, 0.3) is 0 Å². The summed E-state index contributed by atoms with van der Waals surface area (Å²) in [5.41, 5.74) is 2.39. The van der Waals surface area contributed by atoms with E-state index in [1.54, 1.807) is 0 Å². The van der Waals surface area contributed by atoms with Gasteiger partial charge in [-0.3, -0.25) is 0 Å². The number of rotatable bonds is 2. The molecule has 0 amide bonds. The van der Waals surface area contributed by atoms with Crippen LogP contribution in [0.2, 0.25) is 5.02 Å². The van der Waals surface area contributed by atoms with Gasteiger partial charge < -0.3 is 10.0 Å². The maximum absolute atomic E-state index is 9.82. The van der Waals surface area contributed by atoms with Crippen molar-refractivity contribution in [1.82, 2.24) is 0 Å². The van der Waals surface area contributed by atoms with Gasteiger partial charge in [-0.05, 0) is 44.5 Å². The number of hydrogen-bond donors (Lipinski definition) is 1. The molecule has 88 valence electrons. The van der Waals surface area contributed by atoms with E-state index in [4.69, 9.17) is 11.6 Å². The van der Waals surface area contributed by atoms with E-state index in [1.807, 2.05) is 19.1 Å². The van der Waals surface area contributed by atoms with Crippen LogP contribution in [0.3, 0.4) is 0 Å². The summed E-state index contributed by atoms with van der Waals surface area (Å²) in [6.07, 6.45) is -0.332. The van der Waals surface area contributed by atoms with Crippen molar-refractivity contribution in [1.29, 1.82) is 0 Å². The Morgan fingerprint density at radius 1 is 1.38 bits per heavy atom. The van der Waals surface area contributed by atoms with Crippen molar-refractivity contribution < 1.29 is 5.11 Å². The predicted molar refractivity (Wildman–Crippen MR) is 68.4 cm³/mol. The topological polar surface area (TPSA) is 23.5 Å². The van der Waals surface area contributed by atoms with E-state index in [0.717, 1.165) is 11.6 Å². The van der Waals surface area contributed by atoms with Crippen LogP contribution in [0.5, 0.6) is 0 Å². The van der Waals surface area contributed by atoms with Crippen molar-refractivity contribution >= 4 is 17.3 Å². The molecule has 0 spiro atoms. The average Bonchev–Trinajstić information content (AvgIpc) is 2.56. The average molecular weight is 240 g/mol. The summed E-state index contributed by atoms with van der Waals surface area (Å²) in [5.74, 6) is 0.177. The molecule has 1 heterocycles. The Bertz CT molecular complexity index is 390. The molecular formula is C13H18ClNO. The standard InChI is InChI=1S/C13H18ClNO/c1-8(2)15-7-12(9(3)16)11-6-10(14)4-5-13(11)15/h4-6,8-9,12,16H,7H2,1-3H3. The van der Waals surface area contributed by atoms with E-state index in [9.17, 15) is 5.11 Å². The van der Waals surface area contributed by atoms with Crippen LogP contribution in [0.1, 0.15) is 32.3 Å². The molecule has 0 saturated carbocycles. The Kier molecular flexibility index (Phi) is 3.13. The van der Waals surface area contributed by atoms with Crippen LogP contribution in [-0.2, 0) is 0 Å². The Labute approximate surface area is 102 Å². The molecule has 0 bridgehead atoms. The fraction of sp³-hybridized carbons (Fsp3) is 0.538. The van der Waals surface area contributed by atoms with Crippen LogP contribution in [0.4, 0.5) is 5.69 Å². The first-order chi connectivity index (χ1) is 7.50. The van der Waals surface area contributed by atoms with Gasteiger partial charge in [0.05, 0.1) is 6.10 Å². The summed E-state index contributed by atoms with van der Waals surface area (Å²) in [6, 6.07) is 6.40. The summed E-state index contributed by atoms with van der Waals surface area (Å²) in [7, 11) is 0. The van der Waals surface area contributed by atoms with Crippen LogP contribution in [-0.4, -0.2) is 23.8 Å². The summed E-state index contributed by atoms with van der Waals surface area (Å²) >= 11 is 6.02. The van der Waals surface area contributed by atoms with Gasteiger partial charge in [-0.15, -0.1) is 0 Å². The smallest absolute Gasteiger partial charge is 0.0598 e. The molecule has 2 unspecified atom stereocenters. The van der Waals surface area contributed by atoms with Crippen LogP contribution in [0, 0.1) is 0 Å². The Morgan fingerprint density at radius 2 is 2.06 bits per heavy atom. The molecule has 2 rings (SSSR count). The van der Waals surface area contributed by atoms with E-state index in [-0.39, 0.29) is 12.0 Å². The SMILES string of the molecule is CC(O)C1CN(C(C)C)c2ccc(Cl)cc21. The van der Waals surface area contributed by atoms with Crippen molar-refractivity contribution in [3.05, 3.63) is 28.8 Å². The lowest BCUT2D eigenvalue weighted by Gasteiger charge is -2.24. The molecule has 0 aliphatic carbocycles. The maximum atomic E-state index is 9.82. The summed E-state index contributed by atoms with van der Waals surface area (Å²) in [4.78, 5) is 2.32. The molecule has 1 N–H and O–H groups in total. The largest absolute Gasteiger partial charge is 0.393 e. The summed E-state index contributed by atoms with van der Waals surface area (Å²) in [5, 5.41) is 10.6. The highest BCUT2D eigenvalue weighted by molar-refractivity contribution is 6.30. The highest BCUT2D eigenvalue weighted by atomic mass is 35.5. The van der Waals surface area contributed by atoms with Crippen molar-refractivity contribution in [2.75, 3.05) is 11.4 Å². The molecule has 0 saturated heterocycles. The third-order valence-corrected chi connectivity index (χ3v) is 3.53. The zero-order chi connectivity index (χ0) is 11.9. The first kappa shape index (κ1) is 11.7. The molecule has 1 aliphatic rings. The molecule has 0 fully saturated rings. The molecule has 1 aromatic carbocycles. The molecule has 1 aliphatic heterocycles. The number of aliphatic hydroxyl groups excluding tert-OH is 1. The van der Waals surface area contributed by atoms with E-state index in [2.05, 4.69) is 24.8 Å². The van der Waals surface area contributed by atoms with Gasteiger partial charge in [-0.25, -0.2) is 0 Å². The monoisotopic (exact) mass is 239 g/mol. The Morgan fingerprint density at radius 3 is 2.62 bits per heavy atom. The number of benzene rings is 1. The highest BCUT2D eigenvalue weighted by Crippen LogP contribution is 2.40. The number of anilines is 1. The number of nitrogens with zero attached hydrogens (tertiary/aromatic N) is 1. The molecule has 0 radical (unpaired) electrons. The second kappa shape index (κ2) is 4.27. The molecule has 0 aromatic heterocycles. The van der Waals surface area contributed by atoms with E-state index in [0.29, 0.717) is 6.04 Å². The third-order valence-electron chi connectivity index (χ3n) is 3.30. The zero-order valence-electron chi connectivity index (χ0n) is 9.94. The van der Waals surface area contributed by atoms with Gasteiger partial charge >= 0.3 is 0 Å². The van der Waals surface area contributed by atoms with Crippen molar-refractivity contribution in [2.45, 2.75) is 38.8 Å². The van der Waals surface area contributed by atoms with Gasteiger partial charge in [0.25, 0.3) is 0 Å². The van der Waals surface area contributed by atoms with E-state index >= 15 is 0 Å². The Hall–Kier alpha value is -0.730. The minimum Gasteiger partial charge on any atom is -0.393 e. The lowest BCUT2D eigenvalue weighted by molar-refractivity contribution is 0.167. The number of aliphatic hydroxyl groups is 1. The van der Waals surface area contributed by atoms with E-state index < -0.39 is 0 Å². The minimum absolute atomic E-state index is 0.177. The van der Waals surface area contributed by atoms with Gasteiger partial charge in [0.2, 0.25) is 0 Å². The third kappa shape index (κ3) is 1.92. The van der Waals surface area contributed by atoms with Gasteiger partial charge in [-0.2, -0.15) is 0 Å². The summed E-state index contributed by atoms with van der Waals surface area (Å²) in [6.45, 7) is 7.07. The van der Waals surface area contributed by atoms with Crippen LogP contribution >= 0.6 is 11.6 Å². The molecule has 16 heavy (non-hydrogen) atoms. The second-order valence-electron chi connectivity index (χ2n) is 4.80. The van der Waals surface area contributed by atoms with Crippen molar-refractivity contribution in [3.8, 4) is 0 Å². The molecule has 1 aromatic rings.